The molecule has 2 aromatic heterocycles. The van der Waals surface area contributed by atoms with Crippen LogP contribution >= 0.6 is 0 Å². The smallest absolute Gasteiger partial charge is 0.257 e. The highest BCUT2D eigenvalue weighted by Crippen LogP contribution is 2.26. The van der Waals surface area contributed by atoms with Crippen LogP contribution in [0, 0.1) is 19.8 Å². The molecule has 6 heteroatoms. The molecular weight excluding hydrogens is 414 g/mol. The molecule has 1 fully saturated rings. The highest BCUT2D eigenvalue weighted by atomic mass is 16.5. The number of carbonyl (C=O) groups is 1. The standard InChI is InChI=1S/C27H29N3O3/c1-19-16-23(20(2)33-19)27(31)29-14-12-21(13-15-29)17-30-25-11-7-6-10-24(25)28-26(30)18-32-22-8-4-3-5-9-22/h3-11,16,21H,12-15,17-18H2,1-2H3. The van der Waals surface area contributed by atoms with Crippen LogP contribution in [0.5, 0.6) is 5.75 Å². The zero-order chi connectivity index (χ0) is 22.8. The fourth-order valence-corrected chi connectivity index (χ4v) is 4.69. The fraction of sp³-hybridized carbons (Fsp3) is 0.333. The summed E-state index contributed by atoms with van der Waals surface area (Å²) >= 11 is 0. The van der Waals surface area contributed by atoms with E-state index >= 15 is 0 Å². The van der Waals surface area contributed by atoms with Gasteiger partial charge in [0.1, 0.15) is 29.7 Å². The Balaban J connectivity index is 1.28. The van der Waals surface area contributed by atoms with Gasteiger partial charge >= 0.3 is 0 Å². The fourth-order valence-electron chi connectivity index (χ4n) is 4.69. The zero-order valence-corrected chi connectivity index (χ0v) is 19.2. The third-order valence-corrected chi connectivity index (χ3v) is 6.46. The van der Waals surface area contributed by atoms with Crippen molar-refractivity contribution in [2.75, 3.05) is 13.1 Å². The summed E-state index contributed by atoms with van der Waals surface area (Å²) in [5.74, 6) is 3.81. The minimum Gasteiger partial charge on any atom is -0.486 e. The summed E-state index contributed by atoms with van der Waals surface area (Å²) in [5.41, 5.74) is 2.81. The summed E-state index contributed by atoms with van der Waals surface area (Å²) in [7, 11) is 0. The Morgan fingerprint density at radius 1 is 1.06 bits per heavy atom. The molecule has 0 atom stereocenters. The maximum absolute atomic E-state index is 12.9. The van der Waals surface area contributed by atoms with Crippen molar-refractivity contribution in [3.63, 3.8) is 0 Å². The number of furan rings is 1. The molecule has 1 saturated heterocycles. The number of carbonyl (C=O) groups excluding carboxylic acids is 1. The van der Waals surface area contributed by atoms with E-state index in [1.165, 1.54) is 0 Å². The number of hydrogen-bond donors (Lipinski definition) is 0. The van der Waals surface area contributed by atoms with E-state index in [9.17, 15) is 4.79 Å². The monoisotopic (exact) mass is 443 g/mol. The van der Waals surface area contributed by atoms with E-state index in [1.807, 2.05) is 67.3 Å². The predicted molar refractivity (Wildman–Crippen MR) is 127 cm³/mol. The molecule has 0 radical (unpaired) electrons. The normalized spacial score (nSPS) is 14.7. The Morgan fingerprint density at radius 2 is 1.79 bits per heavy atom. The number of aryl methyl sites for hydroxylation is 2. The molecular formula is C27H29N3O3. The van der Waals surface area contributed by atoms with Crippen molar-refractivity contribution in [3.8, 4) is 5.75 Å². The van der Waals surface area contributed by atoms with Crippen molar-refractivity contribution in [3.05, 3.63) is 83.6 Å². The molecule has 1 aliphatic heterocycles. The molecule has 1 amide bonds. The number of hydrogen-bond acceptors (Lipinski definition) is 4. The summed E-state index contributed by atoms with van der Waals surface area (Å²) in [5, 5.41) is 0. The third kappa shape index (κ3) is 4.51. The number of rotatable bonds is 6. The van der Waals surface area contributed by atoms with E-state index in [-0.39, 0.29) is 5.91 Å². The number of likely N-dealkylation sites (tertiary alicyclic amines) is 1. The van der Waals surface area contributed by atoms with Gasteiger partial charge in [0.25, 0.3) is 5.91 Å². The lowest BCUT2D eigenvalue weighted by Crippen LogP contribution is -2.39. The topological polar surface area (TPSA) is 60.5 Å². The van der Waals surface area contributed by atoms with Crippen LogP contribution < -0.4 is 4.74 Å². The lowest BCUT2D eigenvalue weighted by atomic mass is 9.96. The zero-order valence-electron chi connectivity index (χ0n) is 19.2. The molecule has 0 N–H and O–H groups in total. The van der Waals surface area contributed by atoms with E-state index in [2.05, 4.69) is 16.7 Å². The number of piperidine rings is 1. The first kappa shape index (κ1) is 21.3. The van der Waals surface area contributed by atoms with Crippen LogP contribution in [-0.4, -0.2) is 33.4 Å². The van der Waals surface area contributed by atoms with Crippen molar-refractivity contribution >= 4 is 16.9 Å². The summed E-state index contributed by atoms with van der Waals surface area (Å²) in [6, 6.07) is 19.9. The molecule has 1 aliphatic rings. The van der Waals surface area contributed by atoms with Crippen molar-refractivity contribution in [1.29, 1.82) is 0 Å². The number of aromatic nitrogens is 2. The molecule has 4 aromatic rings. The molecule has 5 rings (SSSR count). The molecule has 170 valence electrons. The van der Waals surface area contributed by atoms with Gasteiger partial charge in [0.05, 0.1) is 16.6 Å². The van der Waals surface area contributed by atoms with Gasteiger partial charge in [-0.25, -0.2) is 4.98 Å². The van der Waals surface area contributed by atoms with Crippen LogP contribution in [0.25, 0.3) is 11.0 Å². The van der Waals surface area contributed by atoms with Crippen molar-refractivity contribution in [1.82, 2.24) is 14.5 Å². The summed E-state index contributed by atoms with van der Waals surface area (Å²) < 4.78 is 13.9. The first-order valence-corrected chi connectivity index (χ1v) is 11.6. The molecule has 6 nitrogen and oxygen atoms in total. The first-order chi connectivity index (χ1) is 16.1. The van der Waals surface area contributed by atoms with Gasteiger partial charge in [-0.15, -0.1) is 0 Å². The number of fused-ring (bicyclic) bond motifs is 1. The van der Waals surface area contributed by atoms with Gasteiger partial charge in [-0.3, -0.25) is 4.79 Å². The maximum atomic E-state index is 12.9. The molecule has 2 aromatic carbocycles. The highest BCUT2D eigenvalue weighted by Gasteiger charge is 2.27. The van der Waals surface area contributed by atoms with Gasteiger partial charge in [-0.05, 0) is 62.9 Å². The predicted octanol–water partition coefficient (Wildman–Crippen LogP) is 5.38. The van der Waals surface area contributed by atoms with Gasteiger partial charge in [-0.1, -0.05) is 30.3 Å². The minimum atomic E-state index is 0.0767. The van der Waals surface area contributed by atoms with Gasteiger partial charge in [0.2, 0.25) is 0 Å². The lowest BCUT2D eigenvalue weighted by Gasteiger charge is -2.32. The Kier molecular flexibility index (Phi) is 5.90. The summed E-state index contributed by atoms with van der Waals surface area (Å²) in [6.45, 7) is 6.56. The number of imidazole rings is 1. The number of para-hydroxylation sites is 3. The van der Waals surface area contributed by atoms with Gasteiger partial charge in [-0.2, -0.15) is 0 Å². The Morgan fingerprint density at radius 3 is 2.52 bits per heavy atom. The van der Waals surface area contributed by atoms with Crippen LogP contribution in [-0.2, 0) is 13.2 Å². The lowest BCUT2D eigenvalue weighted by molar-refractivity contribution is 0.0681. The van der Waals surface area contributed by atoms with Crippen LogP contribution in [0.3, 0.4) is 0 Å². The van der Waals surface area contributed by atoms with Crippen molar-refractivity contribution in [2.24, 2.45) is 5.92 Å². The Hall–Kier alpha value is -3.54. The average Bonchev–Trinajstić information content (AvgIpc) is 3.37. The second-order valence-corrected chi connectivity index (χ2v) is 8.79. The molecule has 0 unspecified atom stereocenters. The van der Waals surface area contributed by atoms with Gasteiger partial charge in [0.15, 0.2) is 0 Å². The average molecular weight is 444 g/mol. The summed E-state index contributed by atoms with van der Waals surface area (Å²) in [6.07, 6.45) is 1.93. The number of nitrogens with zero attached hydrogens (tertiary/aromatic N) is 3. The largest absolute Gasteiger partial charge is 0.486 e. The number of amides is 1. The second kappa shape index (κ2) is 9.14. The number of benzene rings is 2. The number of ether oxygens (including phenoxy) is 1. The highest BCUT2D eigenvalue weighted by molar-refractivity contribution is 5.95. The van der Waals surface area contributed by atoms with Gasteiger partial charge in [0, 0.05) is 19.6 Å². The van der Waals surface area contributed by atoms with Crippen molar-refractivity contribution in [2.45, 2.75) is 39.8 Å². The van der Waals surface area contributed by atoms with E-state index in [1.54, 1.807) is 0 Å². The molecule has 0 aliphatic carbocycles. The molecule has 0 spiro atoms. The summed E-state index contributed by atoms with van der Waals surface area (Å²) in [4.78, 5) is 19.7. The Labute approximate surface area is 193 Å². The first-order valence-electron chi connectivity index (χ1n) is 11.6. The van der Waals surface area contributed by atoms with E-state index < -0.39 is 0 Å². The second-order valence-electron chi connectivity index (χ2n) is 8.79. The molecule has 0 saturated carbocycles. The van der Waals surface area contributed by atoms with E-state index in [0.717, 1.165) is 60.8 Å². The molecule has 0 bridgehead atoms. The van der Waals surface area contributed by atoms with Crippen LogP contribution in [0.15, 0.2) is 65.1 Å². The van der Waals surface area contributed by atoms with Gasteiger partial charge < -0.3 is 18.6 Å². The van der Waals surface area contributed by atoms with Crippen LogP contribution in [0.2, 0.25) is 0 Å². The van der Waals surface area contributed by atoms with E-state index in [0.29, 0.717) is 23.8 Å². The minimum absolute atomic E-state index is 0.0767. The molecule has 33 heavy (non-hydrogen) atoms. The van der Waals surface area contributed by atoms with Crippen LogP contribution in [0.4, 0.5) is 0 Å². The third-order valence-electron chi connectivity index (χ3n) is 6.46. The quantitative estimate of drug-likeness (QED) is 0.402. The van der Waals surface area contributed by atoms with E-state index in [4.69, 9.17) is 14.1 Å². The Bertz CT molecular complexity index is 1250. The van der Waals surface area contributed by atoms with Crippen LogP contribution in [0.1, 0.15) is 40.5 Å². The SMILES string of the molecule is Cc1cc(C(=O)N2CCC(Cn3c(COc4ccccc4)nc4ccccc43)CC2)c(C)o1. The maximum Gasteiger partial charge on any atom is 0.257 e. The van der Waals surface area contributed by atoms with Crippen molar-refractivity contribution < 1.29 is 13.9 Å². The molecule has 3 heterocycles.